The lowest BCUT2D eigenvalue weighted by molar-refractivity contribution is -0.123. The summed E-state index contributed by atoms with van der Waals surface area (Å²) in [6.45, 7) is 6.62. The van der Waals surface area contributed by atoms with E-state index in [0.29, 0.717) is 6.04 Å². The summed E-state index contributed by atoms with van der Waals surface area (Å²) in [6.07, 6.45) is 6.23. The van der Waals surface area contributed by atoms with Crippen molar-refractivity contribution >= 4 is 5.91 Å². The molecule has 0 spiro atoms. The smallest absolute Gasteiger partial charge is 0.237 e. The average molecular weight is 295 g/mol. The number of amides is 1. The van der Waals surface area contributed by atoms with Gasteiger partial charge in [-0.1, -0.05) is 12.8 Å². The summed E-state index contributed by atoms with van der Waals surface area (Å²) in [6, 6.07) is 0.828. The molecular weight excluding hydrogens is 266 g/mol. The lowest BCUT2D eigenvalue weighted by atomic mass is 9.85. The summed E-state index contributed by atoms with van der Waals surface area (Å²) < 4.78 is 5.36. The Hall–Kier alpha value is -0.650. The monoisotopic (exact) mass is 295 g/mol. The molecule has 2 heterocycles. The van der Waals surface area contributed by atoms with Crippen LogP contribution in [-0.4, -0.2) is 61.8 Å². The van der Waals surface area contributed by atoms with Crippen LogP contribution in [0.1, 0.15) is 39.0 Å². The van der Waals surface area contributed by atoms with Crippen LogP contribution in [0.15, 0.2) is 0 Å². The minimum absolute atomic E-state index is 0.0326. The standard InChI is InChI=1S/C16H29N3O2/c1-12(11-19-6-8-21-9-7-19)17-16(20)15-10-13-4-2-3-5-14(13)18-15/h12-15,18H,2-11H2,1H3,(H,17,20). The van der Waals surface area contributed by atoms with Crippen LogP contribution >= 0.6 is 0 Å². The summed E-state index contributed by atoms with van der Waals surface area (Å²) in [5.74, 6) is 0.925. The van der Waals surface area contributed by atoms with Gasteiger partial charge in [0.1, 0.15) is 0 Å². The summed E-state index contributed by atoms with van der Waals surface area (Å²) >= 11 is 0. The van der Waals surface area contributed by atoms with E-state index in [1.165, 1.54) is 25.7 Å². The van der Waals surface area contributed by atoms with Crippen LogP contribution in [-0.2, 0) is 9.53 Å². The maximum atomic E-state index is 12.4. The Balaban J connectivity index is 1.43. The van der Waals surface area contributed by atoms with Crippen molar-refractivity contribution in [1.82, 2.24) is 15.5 Å². The van der Waals surface area contributed by atoms with E-state index < -0.39 is 0 Å². The molecule has 4 unspecified atom stereocenters. The maximum Gasteiger partial charge on any atom is 0.237 e. The topological polar surface area (TPSA) is 53.6 Å². The van der Waals surface area contributed by atoms with Crippen LogP contribution in [0.2, 0.25) is 0 Å². The maximum absolute atomic E-state index is 12.4. The van der Waals surface area contributed by atoms with Gasteiger partial charge in [0.25, 0.3) is 0 Å². The van der Waals surface area contributed by atoms with Crippen molar-refractivity contribution in [3.05, 3.63) is 0 Å². The van der Waals surface area contributed by atoms with E-state index in [-0.39, 0.29) is 18.0 Å². The Kier molecular flexibility index (Phi) is 5.14. The van der Waals surface area contributed by atoms with E-state index >= 15 is 0 Å². The molecule has 5 heteroatoms. The molecule has 1 aliphatic carbocycles. The third kappa shape index (κ3) is 3.96. The molecule has 5 nitrogen and oxygen atoms in total. The first-order valence-electron chi connectivity index (χ1n) is 8.59. The van der Waals surface area contributed by atoms with Crippen molar-refractivity contribution in [2.45, 2.75) is 57.2 Å². The van der Waals surface area contributed by atoms with E-state index in [2.05, 4.69) is 22.5 Å². The molecular formula is C16H29N3O2. The number of carbonyl (C=O) groups is 1. The van der Waals surface area contributed by atoms with E-state index in [1.54, 1.807) is 0 Å². The highest BCUT2D eigenvalue weighted by molar-refractivity contribution is 5.82. The molecule has 120 valence electrons. The number of ether oxygens (including phenoxy) is 1. The van der Waals surface area contributed by atoms with Gasteiger partial charge in [0, 0.05) is 31.7 Å². The van der Waals surface area contributed by atoms with Gasteiger partial charge in [-0.25, -0.2) is 0 Å². The van der Waals surface area contributed by atoms with Gasteiger partial charge in [0.05, 0.1) is 19.3 Å². The largest absolute Gasteiger partial charge is 0.379 e. The van der Waals surface area contributed by atoms with Crippen LogP contribution in [0.3, 0.4) is 0 Å². The van der Waals surface area contributed by atoms with Crippen LogP contribution < -0.4 is 10.6 Å². The number of hydrogen-bond acceptors (Lipinski definition) is 4. The molecule has 0 bridgehead atoms. The first kappa shape index (κ1) is 15.3. The second kappa shape index (κ2) is 7.07. The first-order valence-corrected chi connectivity index (χ1v) is 8.59. The minimum atomic E-state index is 0.0326. The lowest BCUT2D eigenvalue weighted by Crippen LogP contribution is -2.50. The third-order valence-electron chi connectivity index (χ3n) is 5.20. The van der Waals surface area contributed by atoms with Gasteiger partial charge >= 0.3 is 0 Å². The van der Waals surface area contributed by atoms with Crippen LogP contribution in [0.4, 0.5) is 0 Å². The van der Waals surface area contributed by atoms with Crippen molar-refractivity contribution in [2.75, 3.05) is 32.8 Å². The number of rotatable bonds is 4. The number of fused-ring (bicyclic) bond motifs is 1. The lowest BCUT2D eigenvalue weighted by Gasteiger charge is -2.29. The highest BCUT2D eigenvalue weighted by atomic mass is 16.5. The average Bonchev–Trinajstić information content (AvgIpc) is 2.92. The molecule has 1 amide bonds. The number of nitrogens with one attached hydrogen (secondary N) is 2. The molecule has 2 saturated heterocycles. The van der Waals surface area contributed by atoms with E-state index in [4.69, 9.17) is 4.74 Å². The fourth-order valence-corrected chi connectivity index (χ4v) is 4.08. The summed E-state index contributed by atoms with van der Waals surface area (Å²) in [5.41, 5.74) is 0. The van der Waals surface area contributed by atoms with Gasteiger partial charge in [0.2, 0.25) is 5.91 Å². The highest BCUT2D eigenvalue weighted by Crippen LogP contribution is 2.33. The molecule has 1 saturated carbocycles. The van der Waals surface area contributed by atoms with Crippen molar-refractivity contribution in [1.29, 1.82) is 0 Å². The molecule has 0 radical (unpaired) electrons. The summed E-state index contributed by atoms with van der Waals surface area (Å²) in [5, 5.41) is 6.75. The van der Waals surface area contributed by atoms with Gasteiger partial charge < -0.3 is 15.4 Å². The Morgan fingerprint density at radius 3 is 2.86 bits per heavy atom. The molecule has 3 aliphatic rings. The molecule has 4 atom stereocenters. The Morgan fingerprint density at radius 1 is 1.33 bits per heavy atom. The van der Waals surface area contributed by atoms with Crippen LogP contribution in [0.5, 0.6) is 0 Å². The number of hydrogen-bond donors (Lipinski definition) is 2. The second-order valence-electron chi connectivity index (χ2n) is 6.93. The highest BCUT2D eigenvalue weighted by Gasteiger charge is 2.38. The van der Waals surface area contributed by atoms with E-state index in [9.17, 15) is 4.79 Å². The van der Waals surface area contributed by atoms with Crippen LogP contribution in [0, 0.1) is 5.92 Å². The van der Waals surface area contributed by atoms with Crippen LogP contribution in [0.25, 0.3) is 0 Å². The number of morpholine rings is 1. The number of carbonyl (C=O) groups excluding carboxylic acids is 1. The fourth-order valence-electron chi connectivity index (χ4n) is 4.08. The van der Waals surface area contributed by atoms with Gasteiger partial charge in [-0.05, 0) is 32.1 Å². The second-order valence-corrected chi connectivity index (χ2v) is 6.93. The molecule has 2 aliphatic heterocycles. The fraction of sp³-hybridized carbons (Fsp3) is 0.938. The molecule has 3 rings (SSSR count). The van der Waals surface area contributed by atoms with Gasteiger partial charge in [-0.15, -0.1) is 0 Å². The predicted octanol–water partition coefficient (Wildman–Crippen LogP) is 0.744. The Bertz CT molecular complexity index is 343. The summed E-state index contributed by atoms with van der Waals surface area (Å²) in [4.78, 5) is 14.8. The first-order chi connectivity index (χ1) is 10.2. The van der Waals surface area contributed by atoms with E-state index in [1.807, 2.05) is 0 Å². The summed E-state index contributed by atoms with van der Waals surface area (Å²) in [7, 11) is 0. The predicted molar refractivity (Wildman–Crippen MR) is 82.2 cm³/mol. The molecule has 0 aromatic rings. The van der Waals surface area contributed by atoms with Gasteiger partial charge in [-0.2, -0.15) is 0 Å². The van der Waals surface area contributed by atoms with Gasteiger partial charge in [0.15, 0.2) is 0 Å². The molecule has 0 aromatic carbocycles. The molecule has 2 N–H and O–H groups in total. The molecule has 21 heavy (non-hydrogen) atoms. The number of nitrogens with zero attached hydrogens (tertiary/aromatic N) is 1. The Labute approximate surface area is 127 Å². The third-order valence-corrected chi connectivity index (χ3v) is 5.20. The van der Waals surface area contributed by atoms with E-state index in [0.717, 1.165) is 45.2 Å². The normalized spacial score (nSPS) is 35.2. The zero-order chi connectivity index (χ0) is 14.7. The zero-order valence-electron chi connectivity index (χ0n) is 13.1. The molecule has 3 fully saturated rings. The van der Waals surface area contributed by atoms with Gasteiger partial charge in [-0.3, -0.25) is 9.69 Å². The van der Waals surface area contributed by atoms with Crippen molar-refractivity contribution in [3.63, 3.8) is 0 Å². The van der Waals surface area contributed by atoms with Crippen molar-refractivity contribution in [2.24, 2.45) is 5.92 Å². The quantitative estimate of drug-likeness (QED) is 0.803. The zero-order valence-corrected chi connectivity index (χ0v) is 13.1. The van der Waals surface area contributed by atoms with Crippen molar-refractivity contribution in [3.8, 4) is 0 Å². The van der Waals surface area contributed by atoms with Crippen molar-refractivity contribution < 1.29 is 9.53 Å². The molecule has 0 aromatic heterocycles. The Morgan fingerprint density at radius 2 is 2.10 bits per heavy atom. The minimum Gasteiger partial charge on any atom is -0.379 e. The SMILES string of the molecule is CC(CN1CCOCC1)NC(=O)C1CC2CCCCC2N1.